The average molecular weight is 437 g/mol. The molecule has 0 aromatic heterocycles. The molecule has 7 heteroatoms. The van der Waals surface area contributed by atoms with E-state index in [1.165, 1.54) is 6.07 Å². The SMILES string of the molecule is CC(C)(C)S(=O)(=O)CCCCCC(=O)CCCSCc1c(F)cccc1Cl. The predicted octanol–water partition coefficient (Wildman–Crippen LogP) is 5.84. The fourth-order valence-electron chi connectivity index (χ4n) is 2.44. The largest absolute Gasteiger partial charge is 0.300 e. The van der Waals surface area contributed by atoms with Crippen LogP contribution in [0.15, 0.2) is 18.2 Å². The summed E-state index contributed by atoms with van der Waals surface area (Å²) in [5.74, 6) is 1.38. The summed E-state index contributed by atoms with van der Waals surface area (Å²) >= 11 is 7.55. The minimum atomic E-state index is -3.07. The fraction of sp³-hybridized carbons (Fsp3) is 0.650. The van der Waals surface area contributed by atoms with Gasteiger partial charge in [0.1, 0.15) is 11.6 Å². The molecule has 0 spiro atoms. The number of thioether (sulfide) groups is 1. The van der Waals surface area contributed by atoms with Gasteiger partial charge in [-0.15, -0.1) is 0 Å². The first kappa shape index (κ1) is 24.4. The lowest BCUT2D eigenvalue weighted by molar-refractivity contribution is -0.119. The zero-order chi connectivity index (χ0) is 20.5. The van der Waals surface area contributed by atoms with Crippen LogP contribution in [0.1, 0.15) is 64.9 Å². The van der Waals surface area contributed by atoms with Crippen molar-refractivity contribution in [3.63, 3.8) is 0 Å². The maximum Gasteiger partial charge on any atom is 0.155 e. The number of carbonyl (C=O) groups is 1. The normalized spacial score (nSPS) is 12.3. The first-order valence-electron chi connectivity index (χ1n) is 9.29. The van der Waals surface area contributed by atoms with Crippen LogP contribution in [0.5, 0.6) is 0 Å². The summed E-state index contributed by atoms with van der Waals surface area (Å²) in [4.78, 5) is 11.9. The van der Waals surface area contributed by atoms with Crippen LogP contribution in [-0.4, -0.2) is 30.5 Å². The average Bonchev–Trinajstić information content (AvgIpc) is 2.55. The second-order valence-electron chi connectivity index (χ2n) is 7.64. The molecule has 0 saturated carbocycles. The Kier molecular flexibility index (Phi) is 10.3. The molecule has 154 valence electrons. The summed E-state index contributed by atoms with van der Waals surface area (Å²) in [7, 11) is -3.07. The van der Waals surface area contributed by atoms with Crippen molar-refractivity contribution in [3.8, 4) is 0 Å². The zero-order valence-electron chi connectivity index (χ0n) is 16.4. The Bertz CT molecular complexity index is 692. The van der Waals surface area contributed by atoms with Gasteiger partial charge in [-0.3, -0.25) is 4.79 Å². The summed E-state index contributed by atoms with van der Waals surface area (Å²) in [6.45, 7) is 5.14. The van der Waals surface area contributed by atoms with Crippen molar-refractivity contribution in [1.29, 1.82) is 0 Å². The van der Waals surface area contributed by atoms with E-state index in [9.17, 15) is 17.6 Å². The molecule has 0 amide bonds. The third kappa shape index (κ3) is 8.97. The number of rotatable bonds is 12. The van der Waals surface area contributed by atoms with Gasteiger partial charge in [-0.2, -0.15) is 11.8 Å². The zero-order valence-corrected chi connectivity index (χ0v) is 18.8. The quantitative estimate of drug-likeness (QED) is 0.386. The summed E-state index contributed by atoms with van der Waals surface area (Å²) < 4.78 is 36.9. The molecular formula is C20H30ClFO3S2. The van der Waals surface area contributed by atoms with Gasteiger partial charge in [-0.1, -0.05) is 24.1 Å². The minimum absolute atomic E-state index is 0.180. The first-order valence-corrected chi connectivity index (χ1v) is 12.5. The molecule has 0 aliphatic rings. The highest BCUT2D eigenvalue weighted by molar-refractivity contribution is 7.98. The highest BCUT2D eigenvalue weighted by Gasteiger charge is 2.27. The standard InChI is InChI=1S/C20H30ClFO3S2/c1-20(2,3)27(24,25)14-6-4-5-9-16(23)10-8-13-26-15-17-18(21)11-7-12-19(17)22/h7,11-12H,4-6,8-10,13-15H2,1-3H3. The van der Waals surface area contributed by atoms with Crippen LogP contribution < -0.4 is 0 Å². The minimum Gasteiger partial charge on any atom is -0.300 e. The third-order valence-electron chi connectivity index (χ3n) is 4.35. The number of carbonyl (C=O) groups excluding carboxylic acids is 1. The van der Waals surface area contributed by atoms with E-state index in [0.717, 1.165) is 25.0 Å². The van der Waals surface area contributed by atoms with Crippen LogP contribution in [0.2, 0.25) is 5.02 Å². The van der Waals surface area contributed by atoms with Crippen molar-refractivity contribution in [1.82, 2.24) is 0 Å². The number of unbranched alkanes of at least 4 members (excludes halogenated alkanes) is 2. The number of halogens is 2. The van der Waals surface area contributed by atoms with Crippen molar-refractivity contribution < 1.29 is 17.6 Å². The van der Waals surface area contributed by atoms with Gasteiger partial charge in [0.2, 0.25) is 0 Å². The molecule has 0 aliphatic heterocycles. The van der Waals surface area contributed by atoms with Gasteiger partial charge in [0.05, 0.1) is 10.5 Å². The van der Waals surface area contributed by atoms with E-state index in [0.29, 0.717) is 35.6 Å². The summed E-state index contributed by atoms with van der Waals surface area (Å²) in [5, 5.41) is 0.437. The second kappa shape index (κ2) is 11.4. The smallest absolute Gasteiger partial charge is 0.155 e. The molecule has 0 unspecified atom stereocenters. The third-order valence-corrected chi connectivity index (χ3v) is 8.47. The molecular weight excluding hydrogens is 407 g/mol. The Morgan fingerprint density at radius 3 is 2.41 bits per heavy atom. The van der Waals surface area contributed by atoms with Gasteiger partial charge in [-0.05, 0) is 57.9 Å². The van der Waals surface area contributed by atoms with E-state index in [4.69, 9.17) is 11.6 Å². The molecule has 3 nitrogen and oxygen atoms in total. The second-order valence-corrected chi connectivity index (χ2v) is 12.0. The topological polar surface area (TPSA) is 51.2 Å². The molecule has 0 atom stereocenters. The number of hydrogen-bond donors (Lipinski definition) is 0. The molecule has 1 rings (SSSR count). The Labute approximate surface area is 172 Å². The Balaban J connectivity index is 2.11. The van der Waals surface area contributed by atoms with Gasteiger partial charge in [0.15, 0.2) is 9.84 Å². The molecule has 0 fully saturated rings. The Hall–Kier alpha value is -0.590. The van der Waals surface area contributed by atoms with Gasteiger partial charge >= 0.3 is 0 Å². The van der Waals surface area contributed by atoms with Gasteiger partial charge in [0, 0.05) is 29.2 Å². The van der Waals surface area contributed by atoms with Gasteiger partial charge in [-0.25, -0.2) is 12.8 Å². The molecule has 0 radical (unpaired) electrons. The predicted molar refractivity (Wildman–Crippen MR) is 114 cm³/mol. The number of hydrogen-bond acceptors (Lipinski definition) is 4. The number of ketones is 1. The van der Waals surface area contributed by atoms with E-state index in [2.05, 4.69) is 0 Å². The van der Waals surface area contributed by atoms with Crippen LogP contribution >= 0.6 is 23.4 Å². The van der Waals surface area contributed by atoms with Crippen molar-refractivity contribution in [2.75, 3.05) is 11.5 Å². The molecule has 1 aromatic rings. The highest BCUT2D eigenvalue weighted by atomic mass is 35.5. The van der Waals surface area contributed by atoms with E-state index in [-0.39, 0.29) is 17.4 Å². The molecule has 0 heterocycles. The van der Waals surface area contributed by atoms with E-state index >= 15 is 0 Å². The van der Waals surface area contributed by atoms with Crippen LogP contribution in [-0.2, 0) is 20.4 Å². The lowest BCUT2D eigenvalue weighted by Crippen LogP contribution is -2.30. The molecule has 0 aliphatic carbocycles. The van der Waals surface area contributed by atoms with E-state index in [1.807, 2.05) is 0 Å². The van der Waals surface area contributed by atoms with Gasteiger partial charge in [0.25, 0.3) is 0 Å². The lowest BCUT2D eigenvalue weighted by Gasteiger charge is -2.18. The van der Waals surface area contributed by atoms with E-state index in [1.54, 1.807) is 44.7 Å². The maximum atomic E-state index is 13.6. The molecule has 27 heavy (non-hydrogen) atoms. The van der Waals surface area contributed by atoms with Crippen LogP contribution in [0.25, 0.3) is 0 Å². The monoisotopic (exact) mass is 436 g/mol. The number of Topliss-reactive ketones (excluding diaryl/α,β-unsaturated/α-hetero) is 1. The Morgan fingerprint density at radius 1 is 1.11 bits per heavy atom. The van der Waals surface area contributed by atoms with Crippen molar-refractivity contribution in [2.45, 2.75) is 69.8 Å². The maximum absolute atomic E-state index is 13.6. The van der Waals surface area contributed by atoms with E-state index < -0.39 is 14.6 Å². The number of sulfone groups is 1. The van der Waals surface area contributed by atoms with Crippen molar-refractivity contribution in [2.24, 2.45) is 0 Å². The summed E-state index contributed by atoms with van der Waals surface area (Å²) in [5.41, 5.74) is 0.515. The van der Waals surface area contributed by atoms with Crippen molar-refractivity contribution >= 4 is 39.0 Å². The van der Waals surface area contributed by atoms with Crippen LogP contribution in [0.4, 0.5) is 4.39 Å². The molecule has 0 saturated heterocycles. The first-order chi connectivity index (χ1) is 12.5. The molecule has 0 N–H and O–H groups in total. The van der Waals surface area contributed by atoms with Crippen molar-refractivity contribution in [3.05, 3.63) is 34.6 Å². The molecule has 0 bridgehead atoms. The summed E-state index contributed by atoms with van der Waals surface area (Å²) in [6.07, 6.45) is 3.86. The highest BCUT2D eigenvalue weighted by Crippen LogP contribution is 2.24. The van der Waals surface area contributed by atoms with Gasteiger partial charge < -0.3 is 0 Å². The Morgan fingerprint density at radius 2 is 1.78 bits per heavy atom. The lowest BCUT2D eigenvalue weighted by atomic mass is 10.1. The number of benzene rings is 1. The van der Waals surface area contributed by atoms with Crippen LogP contribution in [0.3, 0.4) is 0 Å². The summed E-state index contributed by atoms with van der Waals surface area (Å²) in [6, 6.07) is 4.66. The fourth-order valence-corrected chi connectivity index (χ4v) is 4.93. The van der Waals surface area contributed by atoms with Crippen LogP contribution in [0, 0.1) is 5.82 Å². The molecule has 1 aromatic carbocycles.